The number of nitrogens with one attached hydrogen (secondary N) is 2. The number of carbonyl (C=O) groups excluding carboxylic acids is 2. The van der Waals surface area contributed by atoms with Crippen LogP contribution in [0.3, 0.4) is 0 Å². The summed E-state index contributed by atoms with van der Waals surface area (Å²) in [5.74, 6) is 0.466. The minimum Gasteiger partial charge on any atom is -0.354 e. The molecule has 0 atom stereocenters. The van der Waals surface area contributed by atoms with Gasteiger partial charge in [-0.05, 0) is 29.8 Å². The maximum Gasteiger partial charge on any atom is 0.251 e. The molecular weight excluding hydrogens is 327 g/mol. The van der Waals surface area contributed by atoms with Gasteiger partial charge in [-0.25, -0.2) is 4.39 Å². The fourth-order valence-corrected chi connectivity index (χ4v) is 2.78. The number of thioether (sulfide) groups is 1. The van der Waals surface area contributed by atoms with Gasteiger partial charge in [-0.2, -0.15) is 0 Å². The zero-order valence-corrected chi connectivity index (χ0v) is 13.9. The van der Waals surface area contributed by atoms with E-state index in [9.17, 15) is 14.0 Å². The minimum absolute atomic E-state index is 0.0870. The lowest BCUT2D eigenvalue weighted by molar-refractivity contribution is -0.118. The van der Waals surface area contributed by atoms with Crippen LogP contribution in [0.4, 0.5) is 4.39 Å². The first kappa shape index (κ1) is 18.0. The molecule has 0 aliphatic carbocycles. The molecule has 4 nitrogen and oxygen atoms in total. The standard InChI is InChI=1S/C18H19FN2O2S/c19-16-8-6-14(7-9-16)12-24-13-17(22)20-10-11-21-18(23)15-4-2-1-3-5-15/h1-9H,10-13H2,(H,20,22)(H,21,23). The van der Waals surface area contributed by atoms with Gasteiger partial charge in [0, 0.05) is 24.4 Å². The largest absolute Gasteiger partial charge is 0.354 e. The molecule has 0 radical (unpaired) electrons. The van der Waals surface area contributed by atoms with E-state index in [1.165, 1.54) is 23.9 Å². The number of rotatable bonds is 8. The van der Waals surface area contributed by atoms with Gasteiger partial charge in [0.15, 0.2) is 0 Å². The van der Waals surface area contributed by atoms with Gasteiger partial charge >= 0.3 is 0 Å². The second kappa shape index (κ2) is 9.72. The predicted octanol–water partition coefficient (Wildman–Crippen LogP) is 2.61. The summed E-state index contributed by atoms with van der Waals surface area (Å²) < 4.78 is 12.8. The van der Waals surface area contributed by atoms with Gasteiger partial charge < -0.3 is 10.6 Å². The van der Waals surface area contributed by atoms with Gasteiger partial charge in [0.25, 0.3) is 5.91 Å². The van der Waals surface area contributed by atoms with Crippen molar-refractivity contribution in [2.45, 2.75) is 5.75 Å². The Hall–Kier alpha value is -2.34. The van der Waals surface area contributed by atoms with Gasteiger partial charge in [-0.3, -0.25) is 9.59 Å². The average Bonchev–Trinajstić information content (AvgIpc) is 2.61. The second-order valence-corrected chi connectivity index (χ2v) is 6.08. The van der Waals surface area contributed by atoms with Crippen molar-refractivity contribution in [3.8, 4) is 0 Å². The molecule has 0 heterocycles. The minimum atomic E-state index is -0.265. The van der Waals surface area contributed by atoms with Crippen molar-refractivity contribution < 1.29 is 14.0 Å². The summed E-state index contributed by atoms with van der Waals surface area (Å²) >= 11 is 1.46. The van der Waals surface area contributed by atoms with Crippen molar-refractivity contribution in [3.63, 3.8) is 0 Å². The molecule has 2 aromatic rings. The van der Waals surface area contributed by atoms with Gasteiger partial charge in [0.2, 0.25) is 5.91 Å². The summed E-state index contributed by atoms with van der Waals surface area (Å²) in [6.07, 6.45) is 0. The molecule has 126 valence electrons. The molecule has 0 saturated heterocycles. The Morgan fingerprint density at radius 2 is 1.58 bits per heavy atom. The Morgan fingerprint density at radius 1 is 0.917 bits per heavy atom. The van der Waals surface area contributed by atoms with Crippen LogP contribution in [0.15, 0.2) is 54.6 Å². The van der Waals surface area contributed by atoms with Crippen LogP contribution in [0.5, 0.6) is 0 Å². The van der Waals surface area contributed by atoms with Gasteiger partial charge in [-0.15, -0.1) is 11.8 Å². The summed E-state index contributed by atoms with van der Waals surface area (Å²) in [4.78, 5) is 23.5. The monoisotopic (exact) mass is 346 g/mol. The van der Waals surface area contributed by atoms with Crippen molar-refractivity contribution in [2.75, 3.05) is 18.8 Å². The maximum absolute atomic E-state index is 12.8. The quantitative estimate of drug-likeness (QED) is 0.723. The Morgan fingerprint density at radius 3 is 2.29 bits per heavy atom. The molecule has 0 aliphatic heterocycles. The first-order chi connectivity index (χ1) is 11.6. The fraction of sp³-hybridized carbons (Fsp3) is 0.222. The maximum atomic E-state index is 12.8. The molecule has 2 N–H and O–H groups in total. The SMILES string of the molecule is O=C(CSCc1ccc(F)cc1)NCCNC(=O)c1ccccc1. The molecule has 0 saturated carbocycles. The number of amides is 2. The van der Waals surface area contributed by atoms with Gasteiger partial charge in [0.05, 0.1) is 5.75 Å². The lowest BCUT2D eigenvalue weighted by Gasteiger charge is -2.07. The molecule has 24 heavy (non-hydrogen) atoms. The molecule has 2 amide bonds. The Kier molecular flexibility index (Phi) is 7.29. The van der Waals surface area contributed by atoms with E-state index in [1.807, 2.05) is 6.07 Å². The zero-order valence-electron chi connectivity index (χ0n) is 13.1. The third-order valence-corrected chi connectivity index (χ3v) is 4.19. The highest BCUT2D eigenvalue weighted by Gasteiger charge is 2.05. The van der Waals surface area contributed by atoms with E-state index in [2.05, 4.69) is 10.6 Å². The van der Waals surface area contributed by atoms with Crippen LogP contribution in [0, 0.1) is 5.82 Å². The molecular formula is C18H19FN2O2S. The molecule has 0 bridgehead atoms. The summed E-state index contributed by atoms with van der Waals surface area (Å²) in [6.45, 7) is 0.761. The molecule has 0 fully saturated rings. The Balaban J connectivity index is 1.56. The lowest BCUT2D eigenvalue weighted by atomic mass is 10.2. The lowest BCUT2D eigenvalue weighted by Crippen LogP contribution is -2.35. The molecule has 0 aromatic heterocycles. The highest BCUT2D eigenvalue weighted by atomic mass is 32.2. The summed E-state index contributed by atoms with van der Waals surface area (Å²) in [6, 6.07) is 15.2. The first-order valence-corrected chi connectivity index (χ1v) is 8.73. The van der Waals surface area contributed by atoms with E-state index in [0.29, 0.717) is 30.2 Å². The zero-order chi connectivity index (χ0) is 17.2. The molecule has 2 aromatic carbocycles. The van der Waals surface area contributed by atoms with E-state index in [4.69, 9.17) is 0 Å². The number of hydrogen-bond donors (Lipinski definition) is 2. The average molecular weight is 346 g/mol. The smallest absolute Gasteiger partial charge is 0.251 e. The van der Waals surface area contributed by atoms with Crippen molar-refractivity contribution in [1.29, 1.82) is 0 Å². The van der Waals surface area contributed by atoms with E-state index in [0.717, 1.165) is 5.56 Å². The van der Waals surface area contributed by atoms with E-state index < -0.39 is 0 Å². The third kappa shape index (κ3) is 6.42. The normalized spacial score (nSPS) is 10.2. The van der Waals surface area contributed by atoms with Crippen LogP contribution >= 0.6 is 11.8 Å². The van der Waals surface area contributed by atoms with E-state index >= 15 is 0 Å². The highest BCUT2D eigenvalue weighted by molar-refractivity contribution is 7.99. The van der Waals surface area contributed by atoms with Crippen molar-refractivity contribution >= 4 is 23.6 Å². The van der Waals surface area contributed by atoms with E-state index in [1.54, 1.807) is 36.4 Å². The number of halogens is 1. The number of hydrogen-bond acceptors (Lipinski definition) is 3. The van der Waals surface area contributed by atoms with Gasteiger partial charge in [0.1, 0.15) is 5.82 Å². The predicted molar refractivity (Wildman–Crippen MR) is 94.3 cm³/mol. The Labute approximate surface area is 144 Å². The van der Waals surface area contributed by atoms with Crippen LogP contribution in [-0.4, -0.2) is 30.7 Å². The molecule has 0 unspecified atom stereocenters. The summed E-state index contributed by atoms with van der Waals surface area (Å²) in [5.41, 5.74) is 1.57. The topological polar surface area (TPSA) is 58.2 Å². The number of carbonyl (C=O) groups is 2. The van der Waals surface area contributed by atoms with E-state index in [-0.39, 0.29) is 17.6 Å². The van der Waals surface area contributed by atoms with Crippen LogP contribution in [0.2, 0.25) is 0 Å². The van der Waals surface area contributed by atoms with Crippen molar-refractivity contribution in [2.24, 2.45) is 0 Å². The molecule has 2 rings (SSSR count). The van der Waals surface area contributed by atoms with Crippen LogP contribution in [0.1, 0.15) is 15.9 Å². The van der Waals surface area contributed by atoms with Crippen molar-refractivity contribution in [1.82, 2.24) is 10.6 Å². The Bertz CT molecular complexity index is 662. The molecule has 0 aliphatic rings. The van der Waals surface area contributed by atoms with Crippen LogP contribution < -0.4 is 10.6 Å². The summed E-state index contributed by atoms with van der Waals surface area (Å²) in [7, 11) is 0. The van der Waals surface area contributed by atoms with Crippen LogP contribution in [-0.2, 0) is 10.5 Å². The number of benzene rings is 2. The highest BCUT2D eigenvalue weighted by Crippen LogP contribution is 2.12. The molecule has 0 spiro atoms. The fourth-order valence-electron chi connectivity index (χ4n) is 1.96. The first-order valence-electron chi connectivity index (χ1n) is 7.57. The van der Waals surface area contributed by atoms with Crippen LogP contribution in [0.25, 0.3) is 0 Å². The molecule has 6 heteroatoms. The summed E-state index contributed by atoms with van der Waals surface area (Å²) in [5, 5.41) is 5.50. The second-order valence-electron chi connectivity index (χ2n) is 5.09. The van der Waals surface area contributed by atoms with Gasteiger partial charge in [-0.1, -0.05) is 30.3 Å². The third-order valence-electron chi connectivity index (χ3n) is 3.18. The van der Waals surface area contributed by atoms with Crippen molar-refractivity contribution in [3.05, 3.63) is 71.5 Å².